The zero-order valence-corrected chi connectivity index (χ0v) is 11.6. The molecule has 2 heterocycles. The van der Waals surface area contributed by atoms with Gasteiger partial charge in [0.2, 0.25) is 0 Å². The van der Waals surface area contributed by atoms with E-state index in [1.165, 1.54) is 5.56 Å². The van der Waals surface area contributed by atoms with Crippen molar-refractivity contribution in [3.05, 3.63) is 44.7 Å². The number of nitriles is 1. The second-order valence-electron chi connectivity index (χ2n) is 3.60. The number of anilines is 1. The van der Waals surface area contributed by atoms with Crippen molar-refractivity contribution >= 4 is 33.1 Å². The quantitative estimate of drug-likeness (QED) is 0.872. The molecule has 0 N–H and O–H groups in total. The van der Waals surface area contributed by atoms with Crippen LogP contribution in [0.5, 0.6) is 0 Å². The van der Waals surface area contributed by atoms with Gasteiger partial charge in [0.15, 0.2) is 0 Å². The van der Waals surface area contributed by atoms with Crippen LogP contribution < -0.4 is 4.90 Å². The van der Waals surface area contributed by atoms with Gasteiger partial charge in [-0.25, -0.2) is 4.98 Å². The van der Waals surface area contributed by atoms with Crippen LogP contribution in [0.4, 0.5) is 5.82 Å². The van der Waals surface area contributed by atoms with Crippen LogP contribution in [-0.2, 0) is 6.54 Å². The summed E-state index contributed by atoms with van der Waals surface area (Å²) in [6.45, 7) is 0.744. The minimum absolute atomic E-state index is 0.601. The number of hydrogen-bond donors (Lipinski definition) is 0. The lowest BCUT2D eigenvalue weighted by Gasteiger charge is -2.18. The first-order chi connectivity index (χ1) is 8.20. The van der Waals surface area contributed by atoms with Gasteiger partial charge in [0.25, 0.3) is 0 Å². The minimum Gasteiger partial charge on any atom is -0.354 e. The van der Waals surface area contributed by atoms with Gasteiger partial charge in [0, 0.05) is 19.8 Å². The second kappa shape index (κ2) is 5.30. The molecule has 0 radical (unpaired) electrons. The summed E-state index contributed by atoms with van der Waals surface area (Å²) in [6, 6.07) is 7.79. The molecule has 0 fully saturated rings. The average Bonchev–Trinajstić information content (AvgIpc) is 2.74. The fraction of sp³-hybridized carbons (Fsp3) is 0.167. The van der Waals surface area contributed by atoms with Gasteiger partial charge >= 0.3 is 0 Å². The number of thiophene rings is 1. The van der Waals surface area contributed by atoms with Gasteiger partial charge < -0.3 is 4.90 Å². The van der Waals surface area contributed by atoms with E-state index in [0.717, 1.165) is 16.1 Å². The predicted octanol–water partition coefficient (Wildman–Crippen LogP) is 3.41. The highest BCUT2D eigenvalue weighted by atomic mass is 79.9. The summed E-state index contributed by atoms with van der Waals surface area (Å²) >= 11 is 5.09. The number of hydrogen-bond acceptors (Lipinski definition) is 4. The van der Waals surface area contributed by atoms with Gasteiger partial charge in [0.05, 0.1) is 9.35 Å². The van der Waals surface area contributed by atoms with E-state index in [-0.39, 0.29) is 0 Å². The number of aromatic nitrogens is 1. The summed E-state index contributed by atoms with van der Waals surface area (Å²) < 4.78 is 1.11. The normalized spacial score (nSPS) is 9.94. The Morgan fingerprint density at radius 1 is 1.59 bits per heavy atom. The van der Waals surface area contributed by atoms with Crippen molar-refractivity contribution in [1.82, 2.24) is 4.98 Å². The summed E-state index contributed by atoms with van der Waals surface area (Å²) in [5.41, 5.74) is 1.81. The molecule has 0 aliphatic rings. The molecule has 17 heavy (non-hydrogen) atoms. The van der Waals surface area contributed by atoms with Crippen molar-refractivity contribution in [2.45, 2.75) is 6.54 Å². The Morgan fingerprint density at radius 3 is 3.06 bits per heavy atom. The molecule has 3 nitrogen and oxygen atoms in total. The molecule has 0 spiro atoms. The highest BCUT2D eigenvalue weighted by Crippen LogP contribution is 2.23. The van der Waals surface area contributed by atoms with Crippen LogP contribution in [0.25, 0.3) is 0 Å². The van der Waals surface area contributed by atoms with Crippen molar-refractivity contribution in [2.24, 2.45) is 0 Å². The third kappa shape index (κ3) is 2.84. The van der Waals surface area contributed by atoms with E-state index in [9.17, 15) is 0 Å². The minimum atomic E-state index is 0.601. The molecule has 5 heteroatoms. The van der Waals surface area contributed by atoms with Gasteiger partial charge in [-0.15, -0.1) is 11.3 Å². The third-order valence-electron chi connectivity index (χ3n) is 2.31. The Labute approximate surface area is 112 Å². The largest absolute Gasteiger partial charge is 0.354 e. The molecular weight excluding hydrogens is 298 g/mol. The number of pyridine rings is 1. The topological polar surface area (TPSA) is 39.9 Å². The lowest BCUT2D eigenvalue weighted by Crippen LogP contribution is -2.18. The van der Waals surface area contributed by atoms with Crippen molar-refractivity contribution in [3.8, 4) is 6.07 Å². The van der Waals surface area contributed by atoms with E-state index in [2.05, 4.69) is 38.4 Å². The molecule has 0 saturated heterocycles. The van der Waals surface area contributed by atoms with E-state index >= 15 is 0 Å². The first kappa shape index (κ1) is 12.1. The average molecular weight is 308 g/mol. The molecule has 0 aliphatic carbocycles. The summed E-state index contributed by atoms with van der Waals surface area (Å²) in [7, 11) is 1.94. The molecule has 0 bridgehead atoms. The molecule has 86 valence electrons. The monoisotopic (exact) mass is 307 g/mol. The second-order valence-corrected chi connectivity index (χ2v) is 5.89. The highest BCUT2D eigenvalue weighted by molar-refractivity contribution is 9.11. The molecule has 0 unspecified atom stereocenters. The van der Waals surface area contributed by atoms with Gasteiger partial charge in [-0.1, -0.05) is 0 Å². The molecular formula is C12H10BrN3S. The molecule has 0 amide bonds. The smallest absolute Gasteiger partial charge is 0.146 e. The van der Waals surface area contributed by atoms with E-state index in [4.69, 9.17) is 5.26 Å². The summed E-state index contributed by atoms with van der Waals surface area (Å²) in [5.74, 6) is 0.720. The maximum Gasteiger partial charge on any atom is 0.146 e. The van der Waals surface area contributed by atoms with Crippen molar-refractivity contribution in [1.29, 1.82) is 5.26 Å². The van der Waals surface area contributed by atoms with Gasteiger partial charge in [-0.2, -0.15) is 5.26 Å². The summed E-state index contributed by atoms with van der Waals surface area (Å²) in [4.78, 5) is 6.23. The molecule has 0 aliphatic heterocycles. The predicted molar refractivity (Wildman–Crippen MR) is 73.1 cm³/mol. The van der Waals surface area contributed by atoms with Gasteiger partial charge in [0.1, 0.15) is 11.9 Å². The van der Waals surface area contributed by atoms with Gasteiger partial charge in [-0.05, 0) is 45.1 Å². The van der Waals surface area contributed by atoms with Crippen molar-refractivity contribution < 1.29 is 0 Å². The Hall–Kier alpha value is -1.38. The Kier molecular flexibility index (Phi) is 3.77. The fourth-order valence-electron chi connectivity index (χ4n) is 1.57. The highest BCUT2D eigenvalue weighted by Gasteiger charge is 2.09. The number of nitrogens with zero attached hydrogens (tertiary/aromatic N) is 3. The maximum atomic E-state index is 9.02. The molecule has 2 aromatic rings. The molecule has 2 aromatic heterocycles. The zero-order valence-electron chi connectivity index (χ0n) is 9.22. The van der Waals surface area contributed by atoms with Crippen LogP contribution in [0, 0.1) is 11.3 Å². The van der Waals surface area contributed by atoms with Crippen LogP contribution in [0.3, 0.4) is 0 Å². The van der Waals surface area contributed by atoms with Crippen LogP contribution in [0.1, 0.15) is 11.1 Å². The summed E-state index contributed by atoms with van der Waals surface area (Å²) in [6.07, 6.45) is 1.70. The van der Waals surface area contributed by atoms with E-state index in [1.54, 1.807) is 29.7 Å². The standard InChI is InChI=1S/C12H10BrN3S/c1-16(7-9-5-11(13)17-8-9)12-10(6-14)3-2-4-15-12/h2-5,8H,7H2,1H3. The number of halogens is 1. The van der Waals surface area contributed by atoms with Crippen LogP contribution in [0.15, 0.2) is 33.6 Å². The molecule has 0 atom stereocenters. The molecule has 0 saturated carbocycles. The SMILES string of the molecule is CN(Cc1csc(Br)c1)c1ncccc1C#N. The third-order valence-corrected chi connectivity index (χ3v) is 3.86. The Bertz CT molecular complexity index is 559. The van der Waals surface area contributed by atoms with Gasteiger partial charge in [-0.3, -0.25) is 0 Å². The molecule has 0 aromatic carbocycles. The Morgan fingerprint density at radius 2 is 2.41 bits per heavy atom. The first-order valence-electron chi connectivity index (χ1n) is 5.00. The van der Waals surface area contributed by atoms with E-state index in [0.29, 0.717) is 5.56 Å². The lowest BCUT2D eigenvalue weighted by molar-refractivity contribution is 0.898. The number of rotatable bonds is 3. The zero-order chi connectivity index (χ0) is 12.3. The van der Waals surface area contributed by atoms with Crippen LogP contribution in [-0.4, -0.2) is 12.0 Å². The lowest BCUT2D eigenvalue weighted by atomic mass is 10.2. The summed E-state index contributed by atoms with van der Waals surface area (Å²) in [5, 5.41) is 11.1. The van der Waals surface area contributed by atoms with E-state index < -0.39 is 0 Å². The van der Waals surface area contributed by atoms with Crippen molar-refractivity contribution in [3.63, 3.8) is 0 Å². The molecule has 2 rings (SSSR count). The first-order valence-corrected chi connectivity index (χ1v) is 6.67. The Balaban J connectivity index is 2.20. The van der Waals surface area contributed by atoms with Crippen molar-refractivity contribution in [2.75, 3.05) is 11.9 Å². The fourth-order valence-corrected chi connectivity index (χ4v) is 2.77. The maximum absolute atomic E-state index is 9.02. The van der Waals surface area contributed by atoms with Crippen LogP contribution in [0.2, 0.25) is 0 Å². The van der Waals surface area contributed by atoms with Crippen LogP contribution >= 0.6 is 27.3 Å². The van der Waals surface area contributed by atoms with E-state index in [1.807, 2.05) is 11.9 Å².